The fraction of sp³-hybridized carbons (Fsp3) is 0.394. The van der Waals surface area contributed by atoms with Crippen LogP contribution in [-0.2, 0) is 9.53 Å². The molecule has 0 aliphatic carbocycles. The van der Waals surface area contributed by atoms with E-state index < -0.39 is 11.8 Å². The number of likely N-dealkylation sites (N-methyl/N-ethyl adjacent to an activating group) is 1. The van der Waals surface area contributed by atoms with Gasteiger partial charge >= 0.3 is 5.97 Å². The van der Waals surface area contributed by atoms with Crippen LogP contribution in [0.5, 0.6) is 5.75 Å². The minimum absolute atomic E-state index is 0.0293. The van der Waals surface area contributed by atoms with Crippen LogP contribution in [-0.4, -0.2) is 90.3 Å². The number of phenolic OH excluding ortho intramolecular Hbond substituents is 1. The number of aliphatic imine (C=N–C) groups is 1. The number of hydrogen-bond donors (Lipinski definition) is 2. The molecule has 224 valence electrons. The van der Waals surface area contributed by atoms with Crippen molar-refractivity contribution >= 4 is 40.2 Å². The largest absolute Gasteiger partial charge is 0.508 e. The fourth-order valence-corrected chi connectivity index (χ4v) is 7.50. The van der Waals surface area contributed by atoms with Gasteiger partial charge in [-0.1, -0.05) is 42.4 Å². The molecule has 3 aromatic rings. The highest BCUT2D eigenvalue weighted by Gasteiger charge is 2.55. The van der Waals surface area contributed by atoms with E-state index in [-0.39, 0.29) is 39.4 Å². The molecule has 3 saturated heterocycles. The highest BCUT2D eigenvalue weighted by molar-refractivity contribution is 6.34. The number of halogens is 2. The molecule has 1 spiro atoms. The molecule has 4 aliphatic rings. The lowest BCUT2D eigenvalue weighted by Gasteiger charge is -2.49. The molecule has 3 aromatic carbocycles. The number of nitrogens with one attached hydrogen (secondary N) is 1. The minimum atomic E-state index is -1.32. The van der Waals surface area contributed by atoms with E-state index in [1.54, 1.807) is 29.3 Å². The van der Waals surface area contributed by atoms with Gasteiger partial charge in [0.15, 0.2) is 5.82 Å². The Balaban J connectivity index is 1.26. The smallest absolute Gasteiger partial charge is 0.303 e. The van der Waals surface area contributed by atoms with Crippen LogP contribution in [0.2, 0.25) is 5.02 Å². The zero-order chi connectivity index (χ0) is 29.9. The Kier molecular flexibility index (Phi) is 6.97. The van der Waals surface area contributed by atoms with Gasteiger partial charge in [-0.3, -0.25) is 4.79 Å². The first-order valence-electron chi connectivity index (χ1n) is 14.8. The van der Waals surface area contributed by atoms with Gasteiger partial charge in [0.25, 0.3) is 0 Å². The molecule has 8 nitrogen and oxygen atoms in total. The van der Waals surface area contributed by atoms with Gasteiger partial charge in [0.05, 0.1) is 17.3 Å². The third-order valence-corrected chi connectivity index (χ3v) is 9.88. The highest BCUT2D eigenvalue weighted by Crippen LogP contribution is 2.46. The average molecular weight is 604 g/mol. The van der Waals surface area contributed by atoms with Crippen LogP contribution in [0, 0.1) is 11.2 Å². The van der Waals surface area contributed by atoms with Gasteiger partial charge < -0.3 is 25.0 Å². The molecular weight excluding hydrogens is 569 g/mol. The van der Waals surface area contributed by atoms with Gasteiger partial charge in [-0.05, 0) is 73.5 Å². The van der Waals surface area contributed by atoms with E-state index in [4.69, 9.17) is 21.3 Å². The summed E-state index contributed by atoms with van der Waals surface area (Å²) in [6.45, 7) is 7.68. The van der Waals surface area contributed by atoms with E-state index in [2.05, 4.69) is 28.7 Å². The SMILES string of the molecule is C=CC(=O)N1CC2(CCN(C3(OC[C@@H]4CCCN4C)N=Cc4cc(Cl)c(-c5cc(O)cc6ccccc56)c(F)c4N3)C2)C1. The third kappa shape index (κ3) is 4.79. The lowest BCUT2D eigenvalue weighted by molar-refractivity contribution is -0.147. The quantitative estimate of drug-likeness (QED) is 0.373. The summed E-state index contributed by atoms with van der Waals surface area (Å²) in [5.74, 6) is -1.89. The number of likely N-dealkylation sites (tertiary alicyclic amines) is 3. The van der Waals surface area contributed by atoms with Gasteiger partial charge in [0, 0.05) is 55.0 Å². The summed E-state index contributed by atoms with van der Waals surface area (Å²) in [5.41, 5.74) is 1.41. The Morgan fingerprint density at radius 3 is 2.84 bits per heavy atom. The van der Waals surface area contributed by atoms with E-state index in [0.29, 0.717) is 43.9 Å². The Morgan fingerprint density at radius 2 is 2.07 bits per heavy atom. The molecule has 7 rings (SSSR count). The number of phenols is 1. The molecule has 1 unspecified atom stereocenters. The van der Waals surface area contributed by atoms with Crippen molar-refractivity contribution in [2.45, 2.75) is 31.3 Å². The molecule has 4 heterocycles. The molecule has 4 aliphatic heterocycles. The van der Waals surface area contributed by atoms with Crippen molar-refractivity contribution in [2.24, 2.45) is 10.4 Å². The number of hydrogen-bond acceptors (Lipinski definition) is 7. The Hall–Kier alpha value is -3.50. The number of fused-ring (bicyclic) bond motifs is 2. The second-order valence-electron chi connectivity index (χ2n) is 12.4. The summed E-state index contributed by atoms with van der Waals surface area (Å²) in [7, 11) is 2.10. The van der Waals surface area contributed by atoms with Crippen LogP contribution in [0.25, 0.3) is 21.9 Å². The number of benzene rings is 3. The predicted octanol–water partition coefficient (Wildman–Crippen LogP) is 5.29. The number of carbonyl (C=O) groups is 1. The summed E-state index contributed by atoms with van der Waals surface area (Å²) in [4.78, 5) is 23.3. The third-order valence-electron chi connectivity index (χ3n) is 9.59. The summed E-state index contributed by atoms with van der Waals surface area (Å²) in [6.07, 6.45) is 5.99. The zero-order valence-corrected chi connectivity index (χ0v) is 24.9. The molecule has 2 atom stereocenters. The molecule has 0 aromatic heterocycles. The van der Waals surface area contributed by atoms with Crippen LogP contribution >= 0.6 is 11.6 Å². The summed E-state index contributed by atoms with van der Waals surface area (Å²) >= 11 is 6.73. The van der Waals surface area contributed by atoms with Gasteiger partial charge in [-0.2, -0.15) is 0 Å². The second kappa shape index (κ2) is 10.6. The second-order valence-corrected chi connectivity index (χ2v) is 12.8. The lowest BCUT2D eigenvalue weighted by atomic mass is 9.79. The van der Waals surface area contributed by atoms with E-state index in [1.807, 2.05) is 24.3 Å². The van der Waals surface area contributed by atoms with Crippen molar-refractivity contribution in [2.75, 3.05) is 51.7 Å². The average Bonchev–Trinajstić information content (AvgIpc) is 3.62. The van der Waals surface area contributed by atoms with Crippen LogP contribution < -0.4 is 5.32 Å². The molecular formula is C33H35ClFN5O3. The molecule has 0 saturated carbocycles. The van der Waals surface area contributed by atoms with Gasteiger partial charge in [-0.25, -0.2) is 14.3 Å². The lowest BCUT2D eigenvalue weighted by Crippen LogP contribution is -2.62. The summed E-state index contributed by atoms with van der Waals surface area (Å²) in [5, 5.41) is 15.7. The Labute approximate surface area is 255 Å². The van der Waals surface area contributed by atoms with E-state index in [9.17, 15) is 9.90 Å². The van der Waals surface area contributed by atoms with Crippen molar-refractivity contribution in [3.63, 3.8) is 0 Å². The van der Waals surface area contributed by atoms with Crippen LogP contribution in [0.15, 0.2) is 60.1 Å². The number of rotatable bonds is 6. The maximum absolute atomic E-state index is 16.8. The van der Waals surface area contributed by atoms with Crippen molar-refractivity contribution < 1.29 is 19.0 Å². The maximum Gasteiger partial charge on any atom is 0.303 e. The first-order valence-corrected chi connectivity index (χ1v) is 15.2. The highest BCUT2D eigenvalue weighted by atomic mass is 35.5. The van der Waals surface area contributed by atoms with Crippen molar-refractivity contribution in [1.82, 2.24) is 14.7 Å². The molecule has 43 heavy (non-hydrogen) atoms. The molecule has 10 heteroatoms. The molecule has 1 amide bonds. The Morgan fingerprint density at radius 1 is 1.26 bits per heavy atom. The van der Waals surface area contributed by atoms with Crippen molar-refractivity contribution in [3.8, 4) is 16.9 Å². The topological polar surface area (TPSA) is 80.6 Å². The van der Waals surface area contributed by atoms with Gasteiger partial charge in [-0.15, -0.1) is 0 Å². The minimum Gasteiger partial charge on any atom is -0.508 e. The van der Waals surface area contributed by atoms with Gasteiger partial charge in [0.1, 0.15) is 5.75 Å². The monoisotopic (exact) mass is 603 g/mol. The molecule has 0 radical (unpaired) electrons. The predicted molar refractivity (Wildman–Crippen MR) is 167 cm³/mol. The van der Waals surface area contributed by atoms with E-state index in [1.165, 1.54) is 6.08 Å². The summed E-state index contributed by atoms with van der Waals surface area (Å²) in [6, 6.07) is 12.7. The first-order chi connectivity index (χ1) is 20.7. The number of amides is 1. The Bertz CT molecular complexity index is 1660. The zero-order valence-electron chi connectivity index (χ0n) is 24.2. The maximum atomic E-state index is 16.8. The molecule has 3 fully saturated rings. The standard InChI is InChI=1S/C33H35ClFN5O3/c1-3-28(42)39-18-32(19-39)10-12-40(20-32)33(43-17-23-8-6-11-38(23)2)36-16-22-14-27(34)29(30(35)31(22)37-33)26-15-24(41)13-21-7-4-5-9-25(21)26/h3-5,7,9,13-16,23,37,41H,1,6,8,10-12,17-20H2,2H3/t23-,33?/m0/s1. The fourth-order valence-electron chi connectivity index (χ4n) is 7.19. The number of aromatic hydroxyl groups is 1. The van der Waals surface area contributed by atoms with Crippen molar-refractivity contribution in [1.29, 1.82) is 0 Å². The summed E-state index contributed by atoms with van der Waals surface area (Å²) < 4.78 is 23.5. The number of carbonyl (C=O) groups excluding carboxylic acids is 1. The molecule has 0 bridgehead atoms. The van der Waals surface area contributed by atoms with E-state index >= 15 is 4.39 Å². The number of nitrogens with zero attached hydrogens (tertiary/aromatic N) is 4. The number of anilines is 1. The van der Waals surface area contributed by atoms with Crippen LogP contribution in [0.4, 0.5) is 10.1 Å². The number of ether oxygens (including phenoxy) is 1. The van der Waals surface area contributed by atoms with Crippen molar-refractivity contribution in [3.05, 3.63) is 71.5 Å². The first kappa shape index (κ1) is 28.3. The van der Waals surface area contributed by atoms with E-state index in [0.717, 1.165) is 36.6 Å². The normalized spacial score (nSPS) is 24.7. The van der Waals surface area contributed by atoms with Crippen LogP contribution in [0.3, 0.4) is 0 Å². The molecule has 2 N–H and O–H groups in total. The van der Waals surface area contributed by atoms with Gasteiger partial charge in [0.2, 0.25) is 5.91 Å². The van der Waals surface area contributed by atoms with Crippen LogP contribution in [0.1, 0.15) is 24.8 Å².